The van der Waals surface area contributed by atoms with Crippen molar-refractivity contribution in [2.24, 2.45) is 5.92 Å². The third-order valence-corrected chi connectivity index (χ3v) is 1.83. The Hall–Kier alpha value is -1.42. The van der Waals surface area contributed by atoms with Crippen LogP contribution >= 0.6 is 0 Å². The predicted molar refractivity (Wildman–Crippen MR) is 53.6 cm³/mol. The maximum Gasteiger partial charge on any atom is 0.228 e. The Kier molecular flexibility index (Phi) is 3.59. The monoisotopic (exact) mass is 194 g/mol. The van der Waals surface area contributed by atoms with Crippen molar-refractivity contribution in [3.05, 3.63) is 23.9 Å². The van der Waals surface area contributed by atoms with Crippen molar-refractivity contribution in [2.75, 3.05) is 5.32 Å². The molecule has 0 saturated carbocycles. The molecular weight excluding hydrogens is 180 g/mol. The SMILES string of the molecule is CC(C)C(=O)Nc1ncccc1CO. The fourth-order valence-corrected chi connectivity index (χ4v) is 0.940. The quantitative estimate of drug-likeness (QED) is 0.759. The second-order valence-electron chi connectivity index (χ2n) is 3.31. The summed E-state index contributed by atoms with van der Waals surface area (Å²) in [6, 6.07) is 3.44. The molecular formula is C10H14N2O2. The summed E-state index contributed by atoms with van der Waals surface area (Å²) in [5.74, 6) is 0.246. The lowest BCUT2D eigenvalue weighted by atomic mass is 10.2. The Labute approximate surface area is 83.0 Å². The number of carbonyl (C=O) groups excluding carboxylic acids is 1. The van der Waals surface area contributed by atoms with E-state index in [0.29, 0.717) is 11.4 Å². The van der Waals surface area contributed by atoms with Gasteiger partial charge in [0.15, 0.2) is 0 Å². The highest BCUT2D eigenvalue weighted by Gasteiger charge is 2.09. The molecule has 0 bridgehead atoms. The van der Waals surface area contributed by atoms with Crippen LogP contribution in [0.25, 0.3) is 0 Å². The average Bonchev–Trinajstić information content (AvgIpc) is 2.18. The Morgan fingerprint density at radius 1 is 1.64 bits per heavy atom. The fraction of sp³-hybridized carbons (Fsp3) is 0.400. The number of anilines is 1. The van der Waals surface area contributed by atoms with Crippen LogP contribution in [-0.2, 0) is 11.4 Å². The zero-order valence-electron chi connectivity index (χ0n) is 8.32. The van der Waals surface area contributed by atoms with Crippen molar-refractivity contribution in [1.29, 1.82) is 0 Å². The molecule has 14 heavy (non-hydrogen) atoms. The van der Waals surface area contributed by atoms with Crippen molar-refractivity contribution in [3.63, 3.8) is 0 Å². The normalized spacial score (nSPS) is 10.3. The first-order chi connectivity index (χ1) is 6.65. The molecule has 0 spiro atoms. The van der Waals surface area contributed by atoms with Gasteiger partial charge in [-0.1, -0.05) is 19.9 Å². The number of nitrogens with zero attached hydrogens (tertiary/aromatic N) is 1. The van der Waals surface area contributed by atoms with Gasteiger partial charge in [0.05, 0.1) is 6.61 Å². The summed E-state index contributed by atoms with van der Waals surface area (Å²) in [4.78, 5) is 15.3. The number of aliphatic hydroxyl groups excluding tert-OH is 1. The molecule has 1 aromatic heterocycles. The summed E-state index contributed by atoms with van der Waals surface area (Å²) in [6.07, 6.45) is 1.58. The molecule has 4 nitrogen and oxygen atoms in total. The average molecular weight is 194 g/mol. The topological polar surface area (TPSA) is 62.2 Å². The van der Waals surface area contributed by atoms with Crippen LogP contribution in [0.4, 0.5) is 5.82 Å². The molecule has 0 radical (unpaired) electrons. The summed E-state index contributed by atoms with van der Waals surface area (Å²) >= 11 is 0. The number of aromatic nitrogens is 1. The van der Waals surface area contributed by atoms with Gasteiger partial charge in [0.25, 0.3) is 0 Å². The fourth-order valence-electron chi connectivity index (χ4n) is 0.940. The van der Waals surface area contributed by atoms with E-state index in [1.54, 1.807) is 32.2 Å². The Bertz CT molecular complexity index is 324. The summed E-state index contributed by atoms with van der Waals surface area (Å²) in [5, 5.41) is 11.6. The molecule has 0 aliphatic carbocycles. The second-order valence-corrected chi connectivity index (χ2v) is 3.31. The number of hydrogen-bond acceptors (Lipinski definition) is 3. The van der Waals surface area contributed by atoms with Crippen molar-refractivity contribution in [3.8, 4) is 0 Å². The zero-order chi connectivity index (χ0) is 10.6. The maximum absolute atomic E-state index is 11.3. The van der Waals surface area contributed by atoms with Crippen LogP contribution in [0, 0.1) is 5.92 Å². The van der Waals surface area contributed by atoms with Gasteiger partial charge in [-0.25, -0.2) is 4.98 Å². The first kappa shape index (κ1) is 10.7. The van der Waals surface area contributed by atoms with Gasteiger partial charge >= 0.3 is 0 Å². The Balaban J connectivity index is 2.80. The molecule has 4 heteroatoms. The molecule has 1 heterocycles. The van der Waals surface area contributed by atoms with E-state index in [-0.39, 0.29) is 18.4 Å². The lowest BCUT2D eigenvalue weighted by molar-refractivity contribution is -0.118. The van der Waals surface area contributed by atoms with Crippen molar-refractivity contribution in [2.45, 2.75) is 20.5 Å². The Morgan fingerprint density at radius 2 is 2.36 bits per heavy atom. The van der Waals surface area contributed by atoms with E-state index in [0.717, 1.165) is 0 Å². The summed E-state index contributed by atoms with van der Waals surface area (Å²) in [5.41, 5.74) is 0.626. The molecule has 76 valence electrons. The molecule has 2 N–H and O–H groups in total. The first-order valence-electron chi connectivity index (χ1n) is 4.50. The van der Waals surface area contributed by atoms with E-state index in [1.807, 2.05) is 0 Å². The van der Waals surface area contributed by atoms with Crippen LogP contribution in [0.2, 0.25) is 0 Å². The smallest absolute Gasteiger partial charge is 0.228 e. The van der Waals surface area contributed by atoms with Gasteiger partial charge in [0, 0.05) is 17.7 Å². The largest absolute Gasteiger partial charge is 0.392 e. The Morgan fingerprint density at radius 3 is 2.93 bits per heavy atom. The number of hydrogen-bond donors (Lipinski definition) is 2. The highest BCUT2D eigenvalue weighted by Crippen LogP contribution is 2.11. The van der Waals surface area contributed by atoms with Gasteiger partial charge in [-0.2, -0.15) is 0 Å². The summed E-state index contributed by atoms with van der Waals surface area (Å²) < 4.78 is 0. The van der Waals surface area contributed by atoms with Crippen LogP contribution in [-0.4, -0.2) is 16.0 Å². The molecule has 1 aromatic rings. The molecule has 0 aromatic carbocycles. The van der Waals surface area contributed by atoms with Gasteiger partial charge in [-0.3, -0.25) is 4.79 Å². The van der Waals surface area contributed by atoms with E-state index < -0.39 is 0 Å². The van der Waals surface area contributed by atoms with E-state index in [2.05, 4.69) is 10.3 Å². The zero-order valence-corrected chi connectivity index (χ0v) is 8.32. The van der Waals surface area contributed by atoms with Crippen LogP contribution < -0.4 is 5.32 Å². The van der Waals surface area contributed by atoms with Crippen LogP contribution in [0.3, 0.4) is 0 Å². The van der Waals surface area contributed by atoms with Crippen LogP contribution in [0.5, 0.6) is 0 Å². The summed E-state index contributed by atoms with van der Waals surface area (Å²) in [7, 11) is 0. The van der Waals surface area contributed by atoms with Crippen LogP contribution in [0.1, 0.15) is 19.4 Å². The maximum atomic E-state index is 11.3. The minimum absolute atomic E-state index is 0.0939. The molecule has 0 fully saturated rings. The van der Waals surface area contributed by atoms with Crippen molar-refractivity contribution in [1.82, 2.24) is 4.98 Å². The molecule has 0 saturated heterocycles. The van der Waals surface area contributed by atoms with Gasteiger partial charge in [0.2, 0.25) is 5.91 Å². The second kappa shape index (κ2) is 4.72. The highest BCUT2D eigenvalue weighted by molar-refractivity contribution is 5.91. The molecule has 0 aliphatic heterocycles. The van der Waals surface area contributed by atoms with E-state index in [9.17, 15) is 4.79 Å². The minimum atomic E-state index is -0.123. The van der Waals surface area contributed by atoms with Gasteiger partial charge < -0.3 is 10.4 Å². The molecule has 0 atom stereocenters. The number of rotatable bonds is 3. The molecule has 1 amide bonds. The predicted octanol–water partition coefficient (Wildman–Crippen LogP) is 1.17. The van der Waals surface area contributed by atoms with Crippen molar-refractivity contribution >= 4 is 11.7 Å². The van der Waals surface area contributed by atoms with E-state index in [4.69, 9.17) is 5.11 Å². The minimum Gasteiger partial charge on any atom is -0.392 e. The van der Waals surface area contributed by atoms with E-state index >= 15 is 0 Å². The third-order valence-electron chi connectivity index (χ3n) is 1.83. The first-order valence-corrected chi connectivity index (χ1v) is 4.50. The highest BCUT2D eigenvalue weighted by atomic mass is 16.3. The molecule has 1 rings (SSSR count). The van der Waals surface area contributed by atoms with Gasteiger partial charge in [-0.05, 0) is 6.07 Å². The summed E-state index contributed by atoms with van der Waals surface area (Å²) in [6.45, 7) is 3.48. The number of carbonyl (C=O) groups is 1. The lowest BCUT2D eigenvalue weighted by Gasteiger charge is -2.09. The van der Waals surface area contributed by atoms with Crippen LogP contribution in [0.15, 0.2) is 18.3 Å². The van der Waals surface area contributed by atoms with Crippen molar-refractivity contribution < 1.29 is 9.90 Å². The van der Waals surface area contributed by atoms with Gasteiger partial charge in [0.1, 0.15) is 5.82 Å². The number of nitrogens with one attached hydrogen (secondary N) is 1. The van der Waals surface area contributed by atoms with E-state index in [1.165, 1.54) is 0 Å². The molecule has 0 aliphatic rings. The lowest BCUT2D eigenvalue weighted by Crippen LogP contribution is -2.19. The number of aliphatic hydroxyl groups is 1. The number of amides is 1. The third kappa shape index (κ3) is 2.53. The molecule has 0 unspecified atom stereocenters. The van der Waals surface area contributed by atoms with Gasteiger partial charge in [-0.15, -0.1) is 0 Å². The number of pyridine rings is 1. The standard InChI is InChI=1S/C10H14N2O2/c1-7(2)10(14)12-9-8(6-13)4-3-5-11-9/h3-5,7,13H,6H2,1-2H3,(H,11,12,14).